The fourth-order valence-corrected chi connectivity index (χ4v) is 3.05. The average molecular weight is 362 g/mol. The fourth-order valence-electron chi connectivity index (χ4n) is 3.05. The van der Waals surface area contributed by atoms with Crippen molar-refractivity contribution in [3.63, 3.8) is 0 Å². The standard InChI is InChI=1S/C18H26N4O4/c1-11(19)16(23)21-13-9-15(18(25)26)22(10-13)17(24)14(20)8-7-12-5-3-2-4-6-12/h2-6,11,13-15H,7-10,19-20H2,1H3,(H,21,23)(H,25,26)/t11-,13-,14-,15-/m0/s1. The third-order valence-electron chi connectivity index (χ3n) is 4.53. The highest BCUT2D eigenvalue weighted by Gasteiger charge is 2.41. The van der Waals surface area contributed by atoms with Crippen LogP contribution in [0, 0.1) is 0 Å². The highest BCUT2D eigenvalue weighted by Crippen LogP contribution is 2.20. The Morgan fingerprint density at radius 3 is 2.50 bits per heavy atom. The van der Waals surface area contributed by atoms with E-state index < -0.39 is 36.0 Å². The van der Waals surface area contributed by atoms with Crippen molar-refractivity contribution in [1.82, 2.24) is 10.2 Å². The number of nitrogens with two attached hydrogens (primary N) is 2. The Morgan fingerprint density at radius 1 is 1.27 bits per heavy atom. The molecule has 4 atom stereocenters. The van der Waals surface area contributed by atoms with Crippen LogP contribution in [0.4, 0.5) is 0 Å². The Hall–Kier alpha value is -2.45. The minimum Gasteiger partial charge on any atom is -0.480 e. The van der Waals surface area contributed by atoms with E-state index in [-0.39, 0.29) is 18.9 Å². The van der Waals surface area contributed by atoms with Gasteiger partial charge in [-0.3, -0.25) is 9.59 Å². The SMILES string of the molecule is C[C@H](N)C(=O)N[C@H]1C[C@@H](C(=O)O)N(C(=O)[C@@H](N)CCc2ccccc2)C1. The summed E-state index contributed by atoms with van der Waals surface area (Å²) in [6.45, 7) is 1.66. The Labute approximate surface area is 152 Å². The smallest absolute Gasteiger partial charge is 0.326 e. The molecule has 0 aromatic heterocycles. The van der Waals surface area contributed by atoms with E-state index in [0.29, 0.717) is 12.8 Å². The molecule has 8 nitrogen and oxygen atoms in total. The van der Waals surface area contributed by atoms with Gasteiger partial charge in [0.15, 0.2) is 0 Å². The van der Waals surface area contributed by atoms with Gasteiger partial charge in [0.25, 0.3) is 0 Å². The van der Waals surface area contributed by atoms with E-state index in [1.165, 1.54) is 4.90 Å². The molecule has 1 saturated heterocycles. The maximum atomic E-state index is 12.6. The minimum absolute atomic E-state index is 0.118. The van der Waals surface area contributed by atoms with Crippen LogP contribution in [0.3, 0.4) is 0 Å². The van der Waals surface area contributed by atoms with Crippen LogP contribution in [0.2, 0.25) is 0 Å². The second-order valence-electron chi connectivity index (χ2n) is 6.71. The number of nitrogens with zero attached hydrogens (tertiary/aromatic N) is 1. The Kier molecular flexibility index (Phi) is 6.70. The molecule has 1 aliphatic rings. The molecule has 26 heavy (non-hydrogen) atoms. The molecule has 8 heteroatoms. The van der Waals surface area contributed by atoms with E-state index >= 15 is 0 Å². The van der Waals surface area contributed by atoms with Gasteiger partial charge in [0, 0.05) is 19.0 Å². The molecule has 2 amide bonds. The van der Waals surface area contributed by atoms with Crippen LogP contribution in [-0.2, 0) is 20.8 Å². The summed E-state index contributed by atoms with van der Waals surface area (Å²) in [4.78, 5) is 37.1. The molecule has 6 N–H and O–H groups in total. The second-order valence-corrected chi connectivity index (χ2v) is 6.71. The van der Waals surface area contributed by atoms with E-state index in [1.54, 1.807) is 6.92 Å². The van der Waals surface area contributed by atoms with Crippen LogP contribution in [0.1, 0.15) is 25.3 Å². The first-order chi connectivity index (χ1) is 12.3. The van der Waals surface area contributed by atoms with E-state index in [2.05, 4.69) is 5.32 Å². The van der Waals surface area contributed by atoms with Crippen molar-refractivity contribution < 1.29 is 19.5 Å². The van der Waals surface area contributed by atoms with E-state index in [9.17, 15) is 19.5 Å². The van der Waals surface area contributed by atoms with Gasteiger partial charge in [-0.25, -0.2) is 4.79 Å². The zero-order valence-corrected chi connectivity index (χ0v) is 14.8. The number of aryl methyl sites for hydroxylation is 1. The number of likely N-dealkylation sites (tertiary alicyclic amines) is 1. The number of amides is 2. The predicted octanol–water partition coefficient (Wildman–Crippen LogP) is -0.536. The largest absolute Gasteiger partial charge is 0.480 e. The van der Waals surface area contributed by atoms with Gasteiger partial charge in [-0.15, -0.1) is 0 Å². The van der Waals surface area contributed by atoms with E-state index in [1.807, 2.05) is 30.3 Å². The van der Waals surface area contributed by atoms with Gasteiger partial charge < -0.3 is 26.8 Å². The fraction of sp³-hybridized carbons (Fsp3) is 0.500. The van der Waals surface area contributed by atoms with Crippen LogP contribution in [0.25, 0.3) is 0 Å². The first-order valence-corrected chi connectivity index (χ1v) is 8.68. The predicted molar refractivity (Wildman–Crippen MR) is 96.1 cm³/mol. The van der Waals surface area contributed by atoms with Crippen LogP contribution in [-0.4, -0.2) is 58.5 Å². The number of carboxylic acids is 1. The van der Waals surface area contributed by atoms with Gasteiger partial charge in [-0.2, -0.15) is 0 Å². The van der Waals surface area contributed by atoms with Crippen LogP contribution in [0.15, 0.2) is 30.3 Å². The molecule has 1 aromatic carbocycles. The summed E-state index contributed by atoms with van der Waals surface area (Å²) in [5.74, 6) is -1.89. The number of nitrogens with one attached hydrogen (secondary N) is 1. The lowest BCUT2D eigenvalue weighted by atomic mass is 10.0. The molecule has 1 heterocycles. The van der Waals surface area contributed by atoms with Crippen molar-refractivity contribution in [2.75, 3.05) is 6.54 Å². The third-order valence-corrected chi connectivity index (χ3v) is 4.53. The Balaban J connectivity index is 1.98. The summed E-state index contributed by atoms with van der Waals surface area (Å²) in [5.41, 5.74) is 12.6. The van der Waals surface area contributed by atoms with Crippen molar-refractivity contribution >= 4 is 17.8 Å². The van der Waals surface area contributed by atoms with Crippen molar-refractivity contribution in [2.45, 2.75) is 50.4 Å². The summed E-state index contributed by atoms with van der Waals surface area (Å²) in [6, 6.07) is 6.70. The first kappa shape index (κ1) is 19.9. The summed E-state index contributed by atoms with van der Waals surface area (Å²) in [5, 5.41) is 12.1. The number of carboxylic acid groups (broad SMARTS) is 1. The van der Waals surface area contributed by atoms with E-state index in [0.717, 1.165) is 5.56 Å². The molecule has 2 rings (SSSR count). The quantitative estimate of drug-likeness (QED) is 0.514. The molecule has 0 bridgehead atoms. The Bertz CT molecular complexity index is 650. The number of rotatable bonds is 7. The molecule has 1 fully saturated rings. The molecule has 0 saturated carbocycles. The average Bonchev–Trinajstić information content (AvgIpc) is 3.03. The molecule has 142 valence electrons. The maximum absolute atomic E-state index is 12.6. The number of benzene rings is 1. The van der Waals surface area contributed by atoms with Crippen LogP contribution in [0.5, 0.6) is 0 Å². The van der Waals surface area contributed by atoms with Gasteiger partial charge in [-0.1, -0.05) is 30.3 Å². The normalized spacial score (nSPS) is 21.9. The zero-order chi connectivity index (χ0) is 19.3. The van der Waals surface area contributed by atoms with Gasteiger partial charge in [-0.05, 0) is 25.3 Å². The lowest BCUT2D eigenvalue weighted by Gasteiger charge is -2.25. The lowest BCUT2D eigenvalue weighted by Crippen LogP contribution is -2.49. The highest BCUT2D eigenvalue weighted by atomic mass is 16.4. The molecular weight excluding hydrogens is 336 g/mol. The summed E-state index contributed by atoms with van der Waals surface area (Å²) >= 11 is 0. The van der Waals surface area contributed by atoms with Gasteiger partial charge >= 0.3 is 5.97 Å². The van der Waals surface area contributed by atoms with Gasteiger partial charge in [0.05, 0.1) is 12.1 Å². The van der Waals surface area contributed by atoms with Gasteiger partial charge in [0.2, 0.25) is 11.8 Å². The highest BCUT2D eigenvalue weighted by molar-refractivity contribution is 5.88. The van der Waals surface area contributed by atoms with Crippen molar-refractivity contribution in [3.8, 4) is 0 Å². The molecule has 1 aliphatic heterocycles. The molecule has 0 aliphatic carbocycles. The topological polar surface area (TPSA) is 139 Å². The summed E-state index contributed by atoms with van der Waals surface area (Å²) < 4.78 is 0. The molecule has 0 radical (unpaired) electrons. The monoisotopic (exact) mass is 362 g/mol. The molecule has 0 unspecified atom stereocenters. The number of carbonyl (C=O) groups is 3. The summed E-state index contributed by atoms with van der Waals surface area (Å²) in [6.07, 6.45) is 1.19. The number of aliphatic carboxylic acids is 1. The lowest BCUT2D eigenvalue weighted by molar-refractivity contribution is -0.148. The van der Waals surface area contributed by atoms with E-state index in [4.69, 9.17) is 11.5 Å². The summed E-state index contributed by atoms with van der Waals surface area (Å²) in [7, 11) is 0. The molecular formula is C18H26N4O4. The Morgan fingerprint density at radius 2 is 1.92 bits per heavy atom. The number of carbonyl (C=O) groups excluding carboxylic acids is 2. The zero-order valence-electron chi connectivity index (χ0n) is 14.8. The molecule has 0 spiro atoms. The number of hydrogen-bond donors (Lipinski definition) is 4. The van der Waals surface area contributed by atoms with Crippen molar-refractivity contribution in [1.29, 1.82) is 0 Å². The van der Waals surface area contributed by atoms with Crippen LogP contribution < -0.4 is 16.8 Å². The maximum Gasteiger partial charge on any atom is 0.326 e. The van der Waals surface area contributed by atoms with Crippen molar-refractivity contribution in [3.05, 3.63) is 35.9 Å². The minimum atomic E-state index is -1.11. The van der Waals surface area contributed by atoms with Gasteiger partial charge in [0.1, 0.15) is 6.04 Å². The van der Waals surface area contributed by atoms with Crippen molar-refractivity contribution in [2.24, 2.45) is 11.5 Å². The number of hydrogen-bond acceptors (Lipinski definition) is 5. The van der Waals surface area contributed by atoms with Crippen LogP contribution >= 0.6 is 0 Å². The second kappa shape index (κ2) is 8.77. The third kappa shape index (κ3) is 5.03. The molecule has 1 aromatic rings. The first-order valence-electron chi connectivity index (χ1n) is 8.68.